The van der Waals surface area contributed by atoms with E-state index in [4.69, 9.17) is 0 Å². The second-order valence-corrected chi connectivity index (χ2v) is 9.83. The molecule has 0 saturated heterocycles. The predicted octanol–water partition coefficient (Wildman–Crippen LogP) is 3.94. The summed E-state index contributed by atoms with van der Waals surface area (Å²) in [5.41, 5.74) is 1.81. The van der Waals surface area contributed by atoms with E-state index in [0.717, 1.165) is 38.5 Å². The fraction of sp³-hybridized carbons (Fsp3) is 0.818. The van der Waals surface area contributed by atoms with Crippen molar-refractivity contribution in [1.29, 1.82) is 0 Å². The third-order valence-corrected chi connectivity index (χ3v) is 8.69. The van der Waals surface area contributed by atoms with Crippen molar-refractivity contribution in [2.75, 3.05) is 6.61 Å². The molecule has 3 heteroatoms. The highest BCUT2D eigenvalue weighted by atomic mass is 16.3. The molecule has 0 heterocycles. The van der Waals surface area contributed by atoms with E-state index in [2.05, 4.69) is 26.8 Å². The van der Waals surface area contributed by atoms with Crippen LogP contribution in [0, 0.1) is 40.4 Å². The first kappa shape index (κ1) is 17.5. The Balaban J connectivity index is 1.70. The maximum Gasteiger partial charge on any atom is 0.162 e. The number of carbonyl (C=O) groups excluding carboxylic acids is 2. The molecule has 1 N–H and O–H groups in total. The molecule has 7 atom stereocenters. The lowest BCUT2D eigenvalue weighted by Crippen LogP contribution is -2.48. The number of carbonyl (C=O) groups is 2. The third kappa shape index (κ3) is 2.34. The zero-order valence-electron chi connectivity index (χ0n) is 15.9. The van der Waals surface area contributed by atoms with Crippen LogP contribution in [-0.4, -0.2) is 23.3 Å². The lowest BCUT2D eigenvalue weighted by atomic mass is 9.48. The molecular weight excluding hydrogens is 312 g/mol. The Morgan fingerprint density at radius 1 is 1.32 bits per heavy atom. The van der Waals surface area contributed by atoms with Gasteiger partial charge in [0.15, 0.2) is 5.78 Å². The summed E-state index contributed by atoms with van der Waals surface area (Å²) in [6.45, 7) is 6.58. The molecule has 0 aliphatic heterocycles. The van der Waals surface area contributed by atoms with Gasteiger partial charge in [0.2, 0.25) is 0 Å². The molecule has 3 nitrogen and oxygen atoms in total. The van der Waals surface area contributed by atoms with Gasteiger partial charge in [-0.15, -0.1) is 0 Å². The molecule has 3 fully saturated rings. The summed E-state index contributed by atoms with van der Waals surface area (Å²) >= 11 is 0. The molecule has 4 aliphatic rings. The van der Waals surface area contributed by atoms with Crippen molar-refractivity contribution >= 4 is 11.6 Å². The Morgan fingerprint density at radius 2 is 2.08 bits per heavy atom. The van der Waals surface area contributed by atoms with Crippen LogP contribution >= 0.6 is 0 Å². The van der Waals surface area contributed by atoms with Crippen LogP contribution in [0.15, 0.2) is 11.6 Å². The number of fused-ring (bicyclic) bond motifs is 5. The number of hydrogen-bond donors (Lipinski definition) is 1. The van der Waals surface area contributed by atoms with E-state index in [1.54, 1.807) is 5.57 Å². The maximum atomic E-state index is 12.5. The molecule has 3 saturated carbocycles. The zero-order valence-corrected chi connectivity index (χ0v) is 15.9. The minimum absolute atomic E-state index is 0.00107. The Morgan fingerprint density at radius 3 is 2.80 bits per heavy atom. The van der Waals surface area contributed by atoms with Gasteiger partial charge in [-0.1, -0.05) is 32.4 Å². The zero-order chi connectivity index (χ0) is 18.0. The second kappa shape index (κ2) is 5.77. The van der Waals surface area contributed by atoms with Gasteiger partial charge in [-0.3, -0.25) is 9.59 Å². The summed E-state index contributed by atoms with van der Waals surface area (Å²) in [5.74, 6) is 2.50. The van der Waals surface area contributed by atoms with Crippen LogP contribution in [0.1, 0.15) is 65.7 Å². The maximum absolute atomic E-state index is 12.5. The standard InChI is InChI=1S/C22H32O3/c1-13-10-18-16-5-4-14-11-15(24)6-8-21(14,2)17(16)7-9-22(18,3)20(13)19(25)12-23/h7,13-14,16,18,20,23H,4-6,8-12H2,1-3H3/t13?,14?,16-,18+,20-,21+,22+/m1/s1. The van der Waals surface area contributed by atoms with Gasteiger partial charge in [0, 0.05) is 18.8 Å². The van der Waals surface area contributed by atoms with Crippen LogP contribution in [-0.2, 0) is 9.59 Å². The summed E-state index contributed by atoms with van der Waals surface area (Å²) in [4.78, 5) is 24.4. The average Bonchev–Trinajstić information content (AvgIpc) is 2.85. The van der Waals surface area contributed by atoms with Crippen molar-refractivity contribution in [1.82, 2.24) is 0 Å². The SMILES string of the molecule is CC1C[C@H]2[C@@H]3CCC4CC(=O)CC[C@]4(C)C3=CC[C@]2(C)[C@H]1C(=O)CO. The van der Waals surface area contributed by atoms with Crippen molar-refractivity contribution in [3.63, 3.8) is 0 Å². The predicted molar refractivity (Wildman–Crippen MR) is 96.8 cm³/mol. The number of aliphatic hydroxyl groups excluding tert-OH is 1. The van der Waals surface area contributed by atoms with Gasteiger partial charge in [-0.05, 0) is 66.6 Å². The number of Topliss-reactive ketones (excluding diaryl/α,β-unsaturated/α-hetero) is 2. The molecule has 2 unspecified atom stereocenters. The Bertz CT molecular complexity index is 635. The van der Waals surface area contributed by atoms with E-state index in [9.17, 15) is 14.7 Å². The largest absolute Gasteiger partial charge is 0.389 e. The van der Waals surface area contributed by atoms with E-state index in [1.165, 1.54) is 6.42 Å². The molecule has 0 spiro atoms. The lowest BCUT2D eigenvalue weighted by Gasteiger charge is -2.55. The number of hydrogen-bond acceptors (Lipinski definition) is 3. The van der Waals surface area contributed by atoms with E-state index in [-0.39, 0.29) is 29.1 Å². The van der Waals surface area contributed by atoms with Crippen molar-refractivity contribution in [3.05, 3.63) is 11.6 Å². The van der Waals surface area contributed by atoms with Gasteiger partial charge in [0.05, 0.1) is 0 Å². The molecular formula is C22H32O3. The van der Waals surface area contributed by atoms with Crippen LogP contribution in [0.4, 0.5) is 0 Å². The number of rotatable bonds is 2. The Hall–Kier alpha value is -0.960. The lowest BCUT2D eigenvalue weighted by molar-refractivity contribution is -0.131. The molecule has 138 valence electrons. The number of aliphatic hydroxyl groups is 1. The summed E-state index contributed by atoms with van der Waals surface area (Å²) in [6.07, 6.45) is 9.37. The fourth-order valence-electron chi connectivity index (χ4n) is 7.47. The van der Waals surface area contributed by atoms with Crippen LogP contribution in [0.25, 0.3) is 0 Å². The summed E-state index contributed by atoms with van der Waals surface area (Å²) in [6, 6.07) is 0. The highest BCUT2D eigenvalue weighted by molar-refractivity contribution is 5.83. The highest BCUT2D eigenvalue weighted by Crippen LogP contribution is 2.66. The van der Waals surface area contributed by atoms with E-state index in [1.807, 2.05) is 0 Å². The molecule has 0 radical (unpaired) electrons. The van der Waals surface area contributed by atoms with Crippen molar-refractivity contribution in [2.24, 2.45) is 40.4 Å². The van der Waals surface area contributed by atoms with Gasteiger partial charge in [0.25, 0.3) is 0 Å². The van der Waals surface area contributed by atoms with Crippen LogP contribution < -0.4 is 0 Å². The van der Waals surface area contributed by atoms with Gasteiger partial charge >= 0.3 is 0 Å². The molecule has 0 amide bonds. The normalized spacial score (nSPS) is 49.0. The van der Waals surface area contributed by atoms with Crippen LogP contribution in [0.3, 0.4) is 0 Å². The third-order valence-electron chi connectivity index (χ3n) is 8.69. The summed E-state index contributed by atoms with van der Waals surface area (Å²) in [5, 5.41) is 9.47. The minimum atomic E-state index is -0.319. The van der Waals surface area contributed by atoms with Crippen LogP contribution in [0.5, 0.6) is 0 Å². The van der Waals surface area contributed by atoms with Crippen molar-refractivity contribution < 1.29 is 14.7 Å². The summed E-state index contributed by atoms with van der Waals surface area (Å²) < 4.78 is 0. The molecule has 0 aromatic heterocycles. The van der Waals surface area contributed by atoms with Crippen LogP contribution in [0.2, 0.25) is 0 Å². The molecule has 25 heavy (non-hydrogen) atoms. The monoisotopic (exact) mass is 344 g/mol. The number of ketones is 2. The Kier molecular flexibility index (Phi) is 4.03. The molecule has 0 aromatic carbocycles. The number of allylic oxidation sites excluding steroid dienone is 2. The van der Waals surface area contributed by atoms with Crippen molar-refractivity contribution in [3.8, 4) is 0 Å². The fourth-order valence-corrected chi connectivity index (χ4v) is 7.47. The van der Waals surface area contributed by atoms with E-state index in [0.29, 0.717) is 29.5 Å². The van der Waals surface area contributed by atoms with Gasteiger partial charge in [-0.25, -0.2) is 0 Å². The molecule has 4 rings (SSSR count). The van der Waals surface area contributed by atoms with E-state index < -0.39 is 0 Å². The van der Waals surface area contributed by atoms with Gasteiger partial charge in [-0.2, -0.15) is 0 Å². The minimum Gasteiger partial charge on any atom is -0.389 e. The van der Waals surface area contributed by atoms with Gasteiger partial charge < -0.3 is 5.11 Å². The topological polar surface area (TPSA) is 54.4 Å². The average molecular weight is 344 g/mol. The summed E-state index contributed by atoms with van der Waals surface area (Å²) in [7, 11) is 0. The second-order valence-electron chi connectivity index (χ2n) is 9.83. The molecule has 0 bridgehead atoms. The quantitative estimate of drug-likeness (QED) is 0.772. The first-order valence-corrected chi connectivity index (χ1v) is 10.2. The van der Waals surface area contributed by atoms with E-state index >= 15 is 0 Å². The molecule has 0 aromatic rings. The smallest absolute Gasteiger partial charge is 0.162 e. The first-order valence-electron chi connectivity index (χ1n) is 10.2. The highest BCUT2D eigenvalue weighted by Gasteiger charge is 2.60. The van der Waals surface area contributed by atoms with Gasteiger partial charge in [0.1, 0.15) is 12.4 Å². The molecule has 4 aliphatic carbocycles. The van der Waals surface area contributed by atoms with Crippen molar-refractivity contribution in [2.45, 2.75) is 65.7 Å². The first-order chi connectivity index (χ1) is 11.8. The Labute approximate surface area is 151 Å².